The van der Waals surface area contributed by atoms with Gasteiger partial charge in [-0.05, 0) is 126 Å². The van der Waals surface area contributed by atoms with Gasteiger partial charge < -0.3 is 114 Å². The van der Waals surface area contributed by atoms with Crippen LogP contribution >= 0.6 is 0 Å². The molecule has 35 nitrogen and oxygen atoms in total. The number of carbonyl (C=O) groups excluding carboxylic acids is 10. The number of benzene rings is 1. The third-order valence-corrected chi connectivity index (χ3v) is 13.8. The number of phenols is 1. The molecule has 29 N–H and O–H groups in total. The van der Waals surface area contributed by atoms with Crippen LogP contribution < -0.4 is 93.7 Å². The molecule has 0 bridgehead atoms. The van der Waals surface area contributed by atoms with Crippen LogP contribution in [0.25, 0.3) is 0 Å². The summed E-state index contributed by atoms with van der Waals surface area (Å²) in [6.45, 7) is 5.91. The fraction of sp³-hybridized carbons (Fsp3) is 0.643. The van der Waals surface area contributed by atoms with Gasteiger partial charge in [0.1, 0.15) is 60.1 Å². The Morgan fingerprint density at radius 3 is 1.23 bits per heavy atom. The summed E-state index contributed by atoms with van der Waals surface area (Å²) in [5.41, 5.74) is 45.5. The number of nitrogens with zero attached hydrogens (tertiary/aromatic N) is 2. The predicted molar refractivity (Wildman–Crippen MR) is 332 cm³/mol. The van der Waals surface area contributed by atoms with Gasteiger partial charge in [0.05, 0.1) is 19.1 Å². The van der Waals surface area contributed by atoms with Gasteiger partial charge in [0.15, 0.2) is 11.9 Å². The van der Waals surface area contributed by atoms with Crippen molar-refractivity contribution in [2.45, 2.75) is 184 Å². The Morgan fingerprint density at radius 2 is 0.846 bits per heavy atom. The Hall–Kier alpha value is -8.96. The maximum Gasteiger partial charge on any atom is 0.326 e. The van der Waals surface area contributed by atoms with Crippen molar-refractivity contribution in [3.8, 4) is 5.75 Å². The average Bonchev–Trinajstić information content (AvgIpc) is 1.52. The highest BCUT2D eigenvalue weighted by Crippen LogP contribution is 2.15. The first-order valence-corrected chi connectivity index (χ1v) is 30.0. The molecule has 0 heterocycles. The number of nitrogens with two attached hydrogens (primary N) is 8. The number of nitrogens with one attached hydrogen (secondary N) is 9. The second kappa shape index (κ2) is 42.9. The molecule has 1 aromatic carbocycles. The summed E-state index contributed by atoms with van der Waals surface area (Å²) in [4.78, 5) is 169. The summed E-state index contributed by atoms with van der Waals surface area (Å²) in [6.07, 6.45) is -0.954. The standard InChI is InChI=1S/C56H97N19O16/c1-29(2)25-39(51(87)75-44(30(3)4)53(89)71-38(19-20-42(60)78)50(86)68-35(12-6-8-22-58)48(84)73-40(54(90)91)27-43(79)80)72-47(83)37(14-10-24-66-56(63)64)69-46(82)34(11-5-7-21-57)70-52(88)41(28-76)74-49(85)36(13-9-23-65-55(61)62)67-45(81)33(59)26-31-15-17-32(77)18-16-31/h15-18,29-30,33-41,44,76-77H,5-14,19-28,57-59H2,1-4H3,(H2,60,78)(H,67,81)(H,68,86)(H,69,82)(H,70,88)(H,71,89)(H,72,83)(H,73,84)(H,74,85)(H,75,87)(H,79,80)(H,90,91)(H4,61,62,65)(H4,63,64,66)/t33-,34+,35+,36+,37+,38+,39+,40+,41+,44+/m1/s1. The monoisotopic (exact) mass is 1290 g/mol. The Bertz CT molecular complexity index is 2620. The number of guanidine groups is 2. The van der Waals surface area contributed by atoms with Gasteiger partial charge in [-0.2, -0.15) is 0 Å². The summed E-state index contributed by atoms with van der Waals surface area (Å²) < 4.78 is 0. The van der Waals surface area contributed by atoms with Crippen LogP contribution in [0.3, 0.4) is 0 Å². The molecule has 0 fully saturated rings. The average molecular weight is 1290 g/mol. The zero-order valence-electron chi connectivity index (χ0n) is 52.1. The third-order valence-electron chi connectivity index (χ3n) is 13.8. The first kappa shape index (κ1) is 80.1. The van der Waals surface area contributed by atoms with Crippen LogP contribution in [0.15, 0.2) is 34.3 Å². The molecule has 0 aromatic heterocycles. The lowest BCUT2D eigenvalue weighted by molar-refractivity contribution is -0.147. The smallest absolute Gasteiger partial charge is 0.326 e. The van der Waals surface area contributed by atoms with Crippen LogP contribution in [0.5, 0.6) is 5.75 Å². The lowest BCUT2D eigenvalue weighted by Gasteiger charge is -2.29. The molecule has 0 unspecified atom stereocenters. The maximum atomic E-state index is 14.5. The van der Waals surface area contributed by atoms with Gasteiger partial charge in [-0.1, -0.05) is 39.8 Å². The number of amides is 10. The molecule has 10 amide bonds. The number of carboxylic acid groups (broad SMARTS) is 2. The summed E-state index contributed by atoms with van der Waals surface area (Å²) in [7, 11) is 0. The van der Waals surface area contributed by atoms with Gasteiger partial charge in [0.25, 0.3) is 0 Å². The van der Waals surface area contributed by atoms with Gasteiger partial charge in [0, 0.05) is 19.5 Å². The number of carbonyl (C=O) groups is 12. The van der Waals surface area contributed by atoms with Crippen LogP contribution in [-0.4, -0.2) is 197 Å². The number of primary amides is 1. The summed E-state index contributed by atoms with van der Waals surface area (Å²) in [5, 5.41) is 61.2. The van der Waals surface area contributed by atoms with Gasteiger partial charge >= 0.3 is 11.9 Å². The number of carboxylic acids is 2. The topological polar surface area (TPSA) is 627 Å². The fourth-order valence-corrected chi connectivity index (χ4v) is 8.84. The van der Waals surface area contributed by atoms with Crippen molar-refractivity contribution in [2.24, 2.45) is 67.7 Å². The molecule has 91 heavy (non-hydrogen) atoms. The number of aromatic hydroxyl groups is 1. The Kier molecular flexibility index (Phi) is 37.7. The van der Waals surface area contributed by atoms with Gasteiger partial charge in [0.2, 0.25) is 59.1 Å². The lowest BCUT2D eigenvalue weighted by atomic mass is 9.98. The number of aliphatic hydroxyl groups is 1. The molecule has 0 saturated carbocycles. The highest BCUT2D eigenvalue weighted by Gasteiger charge is 2.37. The molecule has 0 radical (unpaired) electrons. The fourth-order valence-electron chi connectivity index (χ4n) is 8.84. The van der Waals surface area contributed by atoms with Crippen LogP contribution in [0.2, 0.25) is 0 Å². The van der Waals surface area contributed by atoms with Crippen LogP contribution in [0.4, 0.5) is 0 Å². The minimum Gasteiger partial charge on any atom is -0.508 e. The predicted octanol–water partition coefficient (Wildman–Crippen LogP) is -6.49. The number of hydrogen-bond donors (Lipinski definition) is 21. The first-order chi connectivity index (χ1) is 42.8. The van der Waals surface area contributed by atoms with E-state index in [0.29, 0.717) is 18.4 Å². The van der Waals surface area contributed by atoms with Crippen molar-refractivity contribution in [2.75, 3.05) is 32.8 Å². The second-order valence-corrected chi connectivity index (χ2v) is 22.4. The molecule has 0 saturated heterocycles. The van der Waals surface area contributed by atoms with Gasteiger partial charge in [-0.15, -0.1) is 0 Å². The van der Waals surface area contributed by atoms with E-state index in [2.05, 4.69) is 57.8 Å². The zero-order chi connectivity index (χ0) is 68.9. The third kappa shape index (κ3) is 32.9. The number of aliphatic imine (C=N–C) groups is 2. The maximum absolute atomic E-state index is 14.5. The molecule has 10 atom stereocenters. The van der Waals surface area contributed by atoms with Crippen molar-refractivity contribution in [1.29, 1.82) is 0 Å². The quantitative estimate of drug-likeness (QED) is 0.0164. The molecule has 0 spiro atoms. The first-order valence-electron chi connectivity index (χ1n) is 30.0. The van der Waals surface area contributed by atoms with E-state index in [4.69, 9.17) is 45.9 Å². The molecule has 0 aliphatic heterocycles. The van der Waals surface area contributed by atoms with Crippen molar-refractivity contribution < 1.29 is 78.0 Å². The van der Waals surface area contributed by atoms with Gasteiger partial charge in [-0.3, -0.25) is 62.7 Å². The molecule has 35 heteroatoms. The molecule has 512 valence electrons. The van der Waals surface area contributed by atoms with E-state index in [1.807, 2.05) is 0 Å². The number of unbranched alkanes of at least 4 members (excludes halogenated alkanes) is 2. The van der Waals surface area contributed by atoms with Crippen molar-refractivity contribution in [3.63, 3.8) is 0 Å². The zero-order valence-corrected chi connectivity index (χ0v) is 52.1. The second-order valence-electron chi connectivity index (χ2n) is 22.4. The van der Waals surface area contributed by atoms with Gasteiger partial charge in [-0.25, -0.2) is 4.79 Å². The summed E-state index contributed by atoms with van der Waals surface area (Å²) >= 11 is 0. The van der Waals surface area contributed by atoms with E-state index in [1.165, 1.54) is 12.1 Å². The number of rotatable bonds is 46. The molecule has 0 aliphatic carbocycles. The van der Waals surface area contributed by atoms with E-state index in [1.54, 1.807) is 39.8 Å². The van der Waals surface area contributed by atoms with Crippen molar-refractivity contribution in [1.82, 2.24) is 47.9 Å². The van der Waals surface area contributed by atoms with E-state index < -0.39 is 163 Å². The molecule has 1 rings (SSSR count). The Balaban J connectivity index is 3.59. The van der Waals surface area contributed by atoms with Crippen LogP contribution in [-0.2, 0) is 64.0 Å². The number of aliphatic carboxylic acids is 2. The minimum atomic E-state index is -1.88. The van der Waals surface area contributed by atoms with E-state index >= 15 is 0 Å². The largest absolute Gasteiger partial charge is 0.508 e. The van der Waals surface area contributed by atoms with Crippen molar-refractivity contribution >= 4 is 82.9 Å². The van der Waals surface area contributed by atoms with Crippen LogP contribution in [0.1, 0.15) is 123 Å². The van der Waals surface area contributed by atoms with Crippen LogP contribution in [0, 0.1) is 11.8 Å². The number of aliphatic hydroxyl groups excluding tert-OH is 1. The molecule has 1 aromatic rings. The highest BCUT2D eigenvalue weighted by atomic mass is 16.4. The molecule has 0 aliphatic rings. The SMILES string of the molecule is CC(C)C[C@H](NC(=O)[C@H](CCCN=C(N)N)NC(=O)[C@H](CCCCN)NC(=O)[C@H](CO)NC(=O)[C@H](CCCN=C(N)N)NC(=O)[C@H](N)Cc1ccc(O)cc1)C(=O)N[C@H](C(=O)N[C@@H](CCC(N)=O)C(=O)N[C@@H](CCCCN)C(=O)N[C@@H](CC(=O)O)C(=O)O)C(C)C. The molecular weight excluding hydrogens is 1190 g/mol. The van der Waals surface area contributed by atoms with E-state index in [0.717, 1.165) is 0 Å². The Morgan fingerprint density at radius 1 is 0.473 bits per heavy atom. The summed E-state index contributed by atoms with van der Waals surface area (Å²) in [5.74, 6) is -14.2. The van der Waals surface area contributed by atoms with E-state index in [-0.39, 0.29) is 114 Å². The lowest BCUT2D eigenvalue weighted by Crippen LogP contribution is -2.61. The Labute approximate surface area is 527 Å². The van der Waals surface area contributed by atoms with E-state index in [9.17, 15) is 78.0 Å². The highest BCUT2D eigenvalue weighted by molar-refractivity contribution is 5.99. The number of hydrogen-bond acceptors (Lipinski definition) is 19. The minimum absolute atomic E-state index is 0.0108. The molecular formula is C56H97N19O16. The number of phenolic OH excluding ortho intramolecular Hbond substituents is 1. The normalized spacial score (nSPS) is 14.4. The van der Waals surface area contributed by atoms with Crippen molar-refractivity contribution in [3.05, 3.63) is 29.8 Å². The summed E-state index contributed by atoms with van der Waals surface area (Å²) in [6, 6.07) is -9.10.